The number of fused-ring (bicyclic) bond motifs is 1. The lowest BCUT2D eigenvalue weighted by molar-refractivity contribution is -0.136. The van der Waals surface area contributed by atoms with Gasteiger partial charge in [0.2, 0.25) is 11.8 Å². The first-order chi connectivity index (χ1) is 18.5. The Bertz CT molecular complexity index is 1400. The quantitative estimate of drug-likeness (QED) is 0.522. The van der Waals surface area contributed by atoms with Crippen LogP contribution in [0.1, 0.15) is 58.6 Å². The van der Waals surface area contributed by atoms with Crippen LogP contribution in [0.4, 0.5) is 4.39 Å². The summed E-state index contributed by atoms with van der Waals surface area (Å²) < 4.78 is 14.7. The molecule has 8 heteroatoms. The molecule has 3 aliphatic heterocycles. The first kappa shape index (κ1) is 24.4. The van der Waals surface area contributed by atoms with Crippen molar-refractivity contribution in [3.63, 3.8) is 0 Å². The van der Waals surface area contributed by atoms with Gasteiger partial charge in [-0.25, -0.2) is 4.39 Å². The van der Waals surface area contributed by atoms with Gasteiger partial charge in [0.15, 0.2) is 0 Å². The Labute approximate surface area is 220 Å². The minimum Gasteiger partial charge on any atom is -0.322 e. The Morgan fingerprint density at radius 2 is 1.74 bits per heavy atom. The van der Waals surface area contributed by atoms with Crippen molar-refractivity contribution < 1.29 is 18.8 Å². The SMILES string of the molecule is O=C1CCC(N2Cc3c(cc(F)cc3C3CCN(Cc4cccc(-c5ccncc5)c4)CC3)C2=O)C(=O)N1. The van der Waals surface area contributed by atoms with Crippen LogP contribution >= 0.6 is 0 Å². The third kappa shape index (κ3) is 4.72. The summed E-state index contributed by atoms with van der Waals surface area (Å²) in [5.74, 6) is -1.38. The average molecular weight is 513 g/mol. The molecule has 3 aromatic rings. The molecule has 0 radical (unpaired) electrons. The Kier molecular flexibility index (Phi) is 6.49. The number of benzene rings is 2. The summed E-state index contributed by atoms with van der Waals surface area (Å²) in [5.41, 5.74) is 5.60. The molecule has 1 N–H and O–H groups in total. The number of nitrogens with one attached hydrogen (secondary N) is 1. The molecule has 3 aliphatic rings. The van der Waals surface area contributed by atoms with E-state index in [0.29, 0.717) is 12.0 Å². The summed E-state index contributed by atoms with van der Waals surface area (Å²) in [6, 6.07) is 14.7. The van der Waals surface area contributed by atoms with Crippen molar-refractivity contribution in [1.82, 2.24) is 20.1 Å². The second-order valence-electron chi connectivity index (χ2n) is 10.4. The van der Waals surface area contributed by atoms with Crippen molar-refractivity contribution in [2.24, 2.45) is 0 Å². The molecule has 194 valence electrons. The summed E-state index contributed by atoms with van der Waals surface area (Å²) in [4.78, 5) is 45.2. The van der Waals surface area contributed by atoms with E-state index >= 15 is 0 Å². The van der Waals surface area contributed by atoms with E-state index in [-0.39, 0.29) is 30.7 Å². The van der Waals surface area contributed by atoms with Gasteiger partial charge < -0.3 is 4.90 Å². The van der Waals surface area contributed by atoms with Gasteiger partial charge in [0, 0.05) is 37.5 Å². The Morgan fingerprint density at radius 1 is 0.947 bits per heavy atom. The van der Waals surface area contributed by atoms with Crippen molar-refractivity contribution in [2.45, 2.75) is 50.7 Å². The lowest BCUT2D eigenvalue weighted by Gasteiger charge is -2.33. The van der Waals surface area contributed by atoms with Gasteiger partial charge in [0.25, 0.3) is 5.91 Å². The van der Waals surface area contributed by atoms with Gasteiger partial charge in [-0.1, -0.05) is 18.2 Å². The predicted octanol–water partition coefficient (Wildman–Crippen LogP) is 4.03. The lowest BCUT2D eigenvalue weighted by atomic mass is 9.85. The van der Waals surface area contributed by atoms with E-state index in [9.17, 15) is 18.8 Å². The normalized spacial score (nSPS) is 20.5. The molecule has 2 saturated heterocycles. The number of carbonyl (C=O) groups excluding carboxylic acids is 3. The number of rotatable bonds is 5. The third-order valence-electron chi connectivity index (χ3n) is 8.03. The molecule has 6 rings (SSSR count). The van der Waals surface area contributed by atoms with Crippen LogP contribution in [0.3, 0.4) is 0 Å². The van der Waals surface area contributed by atoms with Gasteiger partial charge >= 0.3 is 0 Å². The number of pyridine rings is 1. The summed E-state index contributed by atoms with van der Waals surface area (Å²) in [6.07, 6.45) is 5.82. The number of imide groups is 1. The number of hydrogen-bond donors (Lipinski definition) is 1. The van der Waals surface area contributed by atoms with Gasteiger partial charge in [-0.2, -0.15) is 0 Å². The highest BCUT2D eigenvalue weighted by molar-refractivity contribution is 6.05. The van der Waals surface area contributed by atoms with Crippen LogP contribution in [0.5, 0.6) is 0 Å². The minimum atomic E-state index is -0.701. The number of carbonyl (C=O) groups is 3. The van der Waals surface area contributed by atoms with E-state index in [1.54, 1.807) is 18.5 Å². The topological polar surface area (TPSA) is 82.6 Å². The van der Waals surface area contributed by atoms with Crippen LogP contribution in [-0.4, -0.2) is 51.6 Å². The van der Waals surface area contributed by atoms with Crippen molar-refractivity contribution >= 4 is 17.7 Å². The van der Waals surface area contributed by atoms with Crippen molar-refractivity contribution in [3.05, 3.63) is 89.0 Å². The molecule has 1 unspecified atom stereocenters. The van der Waals surface area contributed by atoms with E-state index in [2.05, 4.69) is 39.5 Å². The molecule has 3 amide bonds. The maximum atomic E-state index is 14.7. The highest BCUT2D eigenvalue weighted by Crippen LogP contribution is 2.38. The van der Waals surface area contributed by atoms with Crippen LogP contribution < -0.4 is 5.32 Å². The molecular formula is C30H29FN4O3. The van der Waals surface area contributed by atoms with Crippen LogP contribution in [0.25, 0.3) is 11.1 Å². The van der Waals surface area contributed by atoms with Gasteiger partial charge in [-0.3, -0.25) is 29.6 Å². The number of hydrogen-bond acceptors (Lipinski definition) is 5. The second kappa shape index (κ2) is 10.1. The number of amides is 3. The Balaban J connectivity index is 1.15. The van der Waals surface area contributed by atoms with E-state index in [4.69, 9.17) is 0 Å². The zero-order valence-electron chi connectivity index (χ0n) is 21.0. The minimum absolute atomic E-state index is 0.147. The zero-order valence-corrected chi connectivity index (χ0v) is 21.0. The summed E-state index contributed by atoms with van der Waals surface area (Å²) in [5, 5.41) is 2.33. The highest BCUT2D eigenvalue weighted by atomic mass is 19.1. The standard InChI is InChI=1S/C30H29FN4O3/c31-23-15-24(26-18-35(30(38)25(26)16-23)27-4-5-28(36)33-29(27)37)21-8-12-34(13-9-21)17-19-2-1-3-22(14-19)20-6-10-32-11-7-20/h1-3,6-7,10-11,14-16,21,27H,4-5,8-9,12-13,17-18H2,(H,33,36,37). The number of halogens is 1. The molecule has 0 saturated carbocycles. The smallest absolute Gasteiger partial charge is 0.255 e. The van der Waals surface area contributed by atoms with Crippen LogP contribution in [0.2, 0.25) is 0 Å². The largest absolute Gasteiger partial charge is 0.322 e. The first-order valence-electron chi connectivity index (χ1n) is 13.1. The predicted molar refractivity (Wildman–Crippen MR) is 139 cm³/mol. The fraction of sp³-hybridized carbons (Fsp3) is 0.333. The van der Waals surface area contributed by atoms with Gasteiger partial charge in [-0.05, 0) is 96.4 Å². The zero-order chi connectivity index (χ0) is 26.2. The molecule has 7 nitrogen and oxygen atoms in total. The van der Waals surface area contributed by atoms with Crippen molar-refractivity contribution in [2.75, 3.05) is 13.1 Å². The molecule has 1 atom stereocenters. The van der Waals surface area contributed by atoms with Crippen LogP contribution in [-0.2, 0) is 22.7 Å². The lowest BCUT2D eigenvalue weighted by Crippen LogP contribution is -2.52. The van der Waals surface area contributed by atoms with E-state index in [1.807, 2.05) is 12.1 Å². The van der Waals surface area contributed by atoms with Gasteiger partial charge in [0.05, 0.1) is 0 Å². The summed E-state index contributed by atoms with van der Waals surface area (Å²) in [6.45, 7) is 2.87. The van der Waals surface area contributed by atoms with Gasteiger partial charge in [0.1, 0.15) is 11.9 Å². The molecule has 1 aromatic heterocycles. The number of piperidine rings is 2. The maximum Gasteiger partial charge on any atom is 0.255 e. The molecule has 4 heterocycles. The number of aromatic nitrogens is 1. The van der Waals surface area contributed by atoms with E-state index in [1.165, 1.54) is 22.1 Å². The van der Waals surface area contributed by atoms with E-state index < -0.39 is 17.8 Å². The molecular weight excluding hydrogens is 483 g/mol. The maximum absolute atomic E-state index is 14.7. The summed E-state index contributed by atoms with van der Waals surface area (Å²) >= 11 is 0. The fourth-order valence-corrected chi connectivity index (χ4v) is 6.07. The van der Waals surface area contributed by atoms with Crippen molar-refractivity contribution in [1.29, 1.82) is 0 Å². The molecule has 0 bridgehead atoms. The summed E-state index contributed by atoms with van der Waals surface area (Å²) in [7, 11) is 0. The monoisotopic (exact) mass is 512 g/mol. The molecule has 2 aromatic carbocycles. The molecule has 0 spiro atoms. The number of nitrogens with zero attached hydrogens (tertiary/aromatic N) is 3. The number of likely N-dealkylation sites (tertiary alicyclic amines) is 1. The highest BCUT2D eigenvalue weighted by Gasteiger charge is 2.41. The second-order valence-corrected chi connectivity index (χ2v) is 10.4. The molecule has 0 aliphatic carbocycles. The van der Waals surface area contributed by atoms with Gasteiger partial charge in [-0.15, -0.1) is 0 Å². The van der Waals surface area contributed by atoms with Crippen LogP contribution in [0, 0.1) is 5.82 Å². The van der Waals surface area contributed by atoms with Crippen molar-refractivity contribution in [3.8, 4) is 11.1 Å². The molecule has 38 heavy (non-hydrogen) atoms. The fourth-order valence-electron chi connectivity index (χ4n) is 6.07. The third-order valence-corrected chi connectivity index (χ3v) is 8.03. The van der Waals surface area contributed by atoms with E-state index in [0.717, 1.165) is 49.2 Å². The molecule has 2 fully saturated rings. The Morgan fingerprint density at radius 3 is 2.50 bits per heavy atom. The Hall–Kier alpha value is -3.91. The first-order valence-corrected chi connectivity index (χ1v) is 13.1. The van der Waals surface area contributed by atoms with Crippen LogP contribution in [0.15, 0.2) is 60.9 Å². The average Bonchev–Trinajstić information content (AvgIpc) is 3.25.